The average molecular weight is 280 g/mol. The maximum atomic E-state index is 12.0. The Bertz CT molecular complexity index is 607. The van der Waals surface area contributed by atoms with Crippen molar-refractivity contribution in [2.75, 3.05) is 0 Å². The molecule has 0 aromatic heterocycles. The molecular formula is C19H20O2. The highest BCUT2D eigenvalue weighted by Crippen LogP contribution is 2.15. The lowest BCUT2D eigenvalue weighted by molar-refractivity contribution is 0.0735. The van der Waals surface area contributed by atoms with Crippen molar-refractivity contribution >= 4 is 12.0 Å². The maximum absolute atomic E-state index is 12.0. The Morgan fingerprint density at radius 1 is 1.05 bits per heavy atom. The smallest absolute Gasteiger partial charge is 0.343 e. The highest BCUT2D eigenvalue weighted by Gasteiger charge is 2.07. The summed E-state index contributed by atoms with van der Waals surface area (Å²) < 4.78 is 5.36. The average Bonchev–Trinajstić information content (AvgIpc) is 2.50. The molecule has 0 atom stereocenters. The van der Waals surface area contributed by atoms with E-state index in [4.69, 9.17) is 4.74 Å². The quantitative estimate of drug-likeness (QED) is 0.567. The van der Waals surface area contributed by atoms with E-state index in [0.29, 0.717) is 11.3 Å². The first-order chi connectivity index (χ1) is 10.2. The van der Waals surface area contributed by atoms with E-state index >= 15 is 0 Å². The summed E-state index contributed by atoms with van der Waals surface area (Å²) in [6.07, 6.45) is 6.44. The van der Waals surface area contributed by atoms with Gasteiger partial charge in [-0.1, -0.05) is 55.3 Å². The van der Waals surface area contributed by atoms with Crippen LogP contribution in [0.3, 0.4) is 0 Å². The fourth-order valence-electron chi connectivity index (χ4n) is 1.89. The molecular weight excluding hydrogens is 260 g/mol. The monoisotopic (exact) mass is 280 g/mol. The zero-order valence-electron chi connectivity index (χ0n) is 12.5. The molecule has 2 nitrogen and oxygen atoms in total. The summed E-state index contributed by atoms with van der Waals surface area (Å²) >= 11 is 0. The number of ether oxygens (including phenoxy) is 1. The van der Waals surface area contributed by atoms with Crippen LogP contribution in [0.15, 0.2) is 54.6 Å². The van der Waals surface area contributed by atoms with Gasteiger partial charge in [0.2, 0.25) is 0 Å². The normalized spacial score (nSPS) is 10.8. The first-order valence-electron chi connectivity index (χ1n) is 7.24. The SMILES string of the molecule is CCC/C=C/c1ccc(OC(=O)c2ccc(C)cc2)cc1. The van der Waals surface area contributed by atoms with Crippen LogP contribution in [0.2, 0.25) is 0 Å². The largest absolute Gasteiger partial charge is 0.423 e. The highest BCUT2D eigenvalue weighted by atomic mass is 16.5. The summed E-state index contributed by atoms with van der Waals surface area (Å²) in [4.78, 5) is 12.0. The van der Waals surface area contributed by atoms with Crippen molar-refractivity contribution in [1.29, 1.82) is 0 Å². The number of aryl methyl sites for hydroxylation is 1. The molecule has 0 aliphatic rings. The standard InChI is InChI=1S/C19H20O2/c1-3-4-5-6-16-9-13-18(14-10-16)21-19(20)17-11-7-15(2)8-12-17/h5-14H,3-4H2,1-2H3/b6-5+. The van der Waals surface area contributed by atoms with E-state index in [1.807, 2.05) is 43.3 Å². The summed E-state index contributed by atoms with van der Waals surface area (Å²) in [5.41, 5.74) is 2.79. The van der Waals surface area contributed by atoms with Crippen LogP contribution < -0.4 is 4.74 Å². The second kappa shape index (κ2) is 7.44. The second-order valence-electron chi connectivity index (χ2n) is 5.02. The van der Waals surface area contributed by atoms with Gasteiger partial charge in [-0.3, -0.25) is 0 Å². The summed E-state index contributed by atoms with van der Waals surface area (Å²) in [6.45, 7) is 4.14. The van der Waals surface area contributed by atoms with E-state index in [0.717, 1.165) is 24.0 Å². The number of carbonyl (C=O) groups excluding carboxylic acids is 1. The van der Waals surface area contributed by atoms with E-state index in [-0.39, 0.29) is 5.97 Å². The van der Waals surface area contributed by atoms with Gasteiger partial charge in [0, 0.05) is 0 Å². The van der Waals surface area contributed by atoms with Crippen molar-refractivity contribution in [3.8, 4) is 5.75 Å². The van der Waals surface area contributed by atoms with Gasteiger partial charge in [-0.25, -0.2) is 4.79 Å². The summed E-state index contributed by atoms with van der Waals surface area (Å²) in [6, 6.07) is 14.9. The third kappa shape index (κ3) is 4.60. The maximum Gasteiger partial charge on any atom is 0.343 e. The van der Waals surface area contributed by atoms with Crippen molar-refractivity contribution in [3.05, 3.63) is 71.3 Å². The number of esters is 1. The Morgan fingerprint density at radius 2 is 1.71 bits per heavy atom. The van der Waals surface area contributed by atoms with Crippen molar-refractivity contribution < 1.29 is 9.53 Å². The summed E-state index contributed by atoms with van der Waals surface area (Å²) in [5, 5.41) is 0. The van der Waals surface area contributed by atoms with E-state index in [2.05, 4.69) is 19.1 Å². The molecule has 0 fully saturated rings. The number of allylic oxidation sites excluding steroid dienone is 1. The molecule has 0 amide bonds. The molecule has 0 saturated heterocycles. The van der Waals surface area contributed by atoms with Crippen molar-refractivity contribution in [2.24, 2.45) is 0 Å². The van der Waals surface area contributed by atoms with Crippen LogP contribution in [0.1, 0.15) is 41.3 Å². The minimum atomic E-state index is -0.329. The van der Waals surface area contributed by atoms with Gasteiger partial charge in [0.15, 0.2) is 0 Å². The molecule has 0 aliphatic heterocycles. The molecule has 0 radical (unpaired) electrons. The Kier molecular flexibility index (Phi) is 5.33. The minimum Gasteiger partial charge on any atom is -0.423 e. The molecule has 2 heteroatoms. The fourth-order valence-corrected chi connectivity index (χ4v) is 1.89. The van der Waals surface area contributed by atoms with Gasteiger partial charge in [0.1, 0.15) is 5.75 Å². The molecule has 21 heavy (non-hydrogen) atoms. The second-order valence-corrected chi connectivity index (χ2v) is 5.02. The molecule has 2 aromatic rings. The summed E-state index contributed by atoms with van der Waals surface area (Å²) in [7, 11) is 0. The van der Waals surface area contributed by atoms with Crippen LogP contribution in [0.5, 0.6) is 5.75 Å². The van der Waals surface area contributed by atoms with Gasteiger partial charge < -0.3 is 4.74 Å². The van der Waals surface area contributed by atoms with Gasteiger partial charge in [0.25, 0.3) is 0 Å². The molecule has 2 aromatic carbocycles. The van der Waals surface area contributed by atoms with Gasteiger partial charge in [-0.2, -0.15) is 0 Å². The number of benzene rings is 2. The van der Waals surface area contributed by atoms with Crippen molar-refractivity contribution in [2.45, 2.75) is 26.7 Å². The topological polar surface area (TPSA) is 26.3 Å². The molecule has 108 valence electrons. The summed E-state index contributed by atoms with van der Waals surface area (Å²) in [5.74, 6) is 0.234. The van der Waals surface area contributed by atoms with Gasteiger partial charge in [-0.05, 0) is 43.2 Å². The lowest BCUT2D eigenvalue weighted by Gasteiger charge is -2.05. The van der Waals surface area contributed by atoms with Crippen LogP contribution in [0, 0.1) is 6.92 Å². The third-order valence-corrected chi connectivity index (χ3v) is 3.14. The number of rotatable bonds is 5. The third-order valence-electron chi connectivity index (χ3n) is 3.14. The molecule has 0 spiro atoms. The molecule has 0 heterocycles. The molecule has 0 bridgehead atoms. The number of carbonyl (C=O) groups is 1. The molecule has 0 N–H and O–H groups in total. The van der Waals surface area contributed by atoms with Gasteiger partial charge in [-0.15, -0.1) is 0 Å². The Morgan fingerprint density at radius 3 is 2.33 bits per heavy atom. The zero-order valence-corrected chi connectivity index (χ0v) is 12.5. The van der Waals surface area contributed by atoms with Gasteiger partial charge in [0.05, 0.1) is 5.56 Å². The Balaban J connectivity index is 1.99. The molecule has 0 saturated carbocycles. The van der Waals surface area contributed by atoms with E-state index in [9.17, 15) is 4.79 Å². The highest BCUT2D eigenvalue weighted by molar-refractivity contribution is 5.91. The van der Waals surface area contributed by atoms with Crippen molar-refractivity contribution in [3.63, 3.8) is 0 Å². The van der Waals surface area contributed by atoms with E-state index in [1.54, 1.807) is 12.1 Å². The Labute approximate surface area is 126 Å². The Hall–Kier alpha value is -2.35. The lowest BCUT2D eigenvalue weighted by Crippen LogP contribution is -2.08. The molecule has 0 unspecified atom stereocenters. The predicted molar refractivity (Wildman–Crippen MR) is 86.5 cm³/mol. The molecule has 0 aliphatic carbocycles. The predicted octanol–water partition coefficient (Wildman–Crippen LogP) is 5.03. The van der Waals surface area contributed by atoms with Crippen LogP contribution in [-0.2, 0) is 0 Å². The zero-order chi connectivity index (χ0) is 15.1. The first kappa shape index (κ1) is 15.0. The first-order valence-corrected chi connectivity index (χ1v) is 7.24. The van der Waals surface area contributed by atoms with Crippen molar-refractivity contribution in [1.82, 2.24) is 0 Å². The number of hydrogen-bond acceptors (Lipinski definition) is 2. The molecule has 2 rings (SSSR count). The van der Waals surface area contributed by atoms with Gasteiger partial charge >= 0.3 is 5.97 Å². The van der Waals surface area contributed by atoms with Crippen LogP contribution in [0.25, 0.3) is 6.08 Å². The lowest BCUT2D eigenvalue weighted by atomic mass is 10.1. The van der Waals surface area contributed by atoms with Crippen LogP contribution in [0.4, 0.5) is 0 Å². The van der Waals surface area contributed by atoms with E-state index < -0.39 is 0 Å². The minimum absolute atomic E-state index is 0.329. The van der Waals surface area contributed by atoms with Crippen LogP contribution in [-0.4, -0.2) is 5.97 Å². The number of hydrogen-bond donors (Lipinski definition) is 0. The number of unbranched alkanes of at least 4 members (excludes halogenated alkanes) is 1. The fraction of sp³-hybridized carbons (Fsp3) is 0.211. The van der Waals surface area contributed by atoms with Crippen LogP contribution >= 0.6 is 0 Å². The van der Waals surface area contributed by atoms with E-state index in [1.165, 1.54) is 0 Å².